The second-order valence-corrected chi connectivity index (χ2v) is 8.63. The Morgan fingerprint density at radius 1 is 1.11 bits per heavy atom. The number of hydrogen-bond acceptors (Lipinski definition) is 5. The number of likely N-dealkylation sites (tertiary alicyclic amines) is 1. The summed E-state index contributed by atoms with van der Waals surface area (Å²) in [6, 6.07) is 2.50. The van der Waals surface area contributed by atoms with Crippen LogP contribution in [0.4, 0.5) is 0 Å². The summed E-state index contributed by atoms with van der Waals surface area (Å²) in [5.74, 6) is 0.251. The molecule has 3 saturated heterocycles. The van der Waals surface area contributed by atoms with Crippen molar-refractivity contribution >= 4 is 23.2 Å². The van der Waals surface area contributed by atoms with Crippen LogP contribution >= 0.6 is 11.3 Å². The summed E-state index contributed by atoms with van der Waals surface area (Å²) in [5.41, 5.74) is 0.795. The third-order valence-electron chi connectivity index (χ3n) is 6.13. The minimum Gasteiger partial charge on any atom is -0.375 e. The molecule has 1 aromatic heterocycles. The molecule has 4 heterocycles. The highest BCUT2D eigenvalue weighted by atomic mass is 32.1. The van der Waals surface area contributed by atoms with E-state index in [1.165, 1.54) is 0 Å². The second-order valence-electron chi connectivity index (χ2n) is 7.85. The first-order valence-corrected chi connectivity index (χ1v) is 10.9. The summed E-state index contributed by atoms with van der Waals surface area (Å²) in [6.45, 7) is 1.70. The molecule has 0 N–H and O–H groups in total. The predicted octanol–water partition coefficient (Wildman–Crippen LogP) is 2.54. The van der Waals surface area contributed by atoms with E-state index in [2.05, 4.69) is 0 Å². The Kier molecular flexibility index (Phi) is 5.80. The first-order chi connectivity index (χ1) is 13.2. The lowest BCUT2D eigenvalue weighted by Crippen LogP contribution is -2.50. The molecule has 0 aliphatic carbocycles. The minimum atomic E-state index is 0.115. The zero-order chi connectivity index (χ0) is 18.8. The van der Waals surface area contributed by atoms with Crippen LogP contribution in [0.2, 0.25) is 0 Å². The topological polar surface area (TPSA) is 59.1 Å². The van der Waals surface area contributed by atoms with Crippen molar-refractivity contribution in [3.8, 4) is 0 Å². The Morgan fingerprint density at radius 3 is 2.41 bits per heavy atom. The van der Waals surface area contributed by atoms with Gasteiger partial charge in [-0.3, -0.25) is 9.59 Å². The molecule has 3 aliphatic heterocycles. The molecule has 0 aromatic carbocycles. The van der Waals surface area contributed by atoms with E-state index in [4.69, 9.17) is 9.47 Å². The fraction of sp³-hybridized carbons (Fsp3) is 0.700. The van der Waals surface area contributed by atoms with Crippen LogP contribution in [0.1, 0.15) is 48.9 Å². The third kappa shape index (κ3) is 4.05. The summed E-state index contributed by atoms with van der Waals surface area (Å²) in [6.07, 6.45) is 6.27. The number of hydrogen-bond donors (Lipinski definition) is 0. The van der Waals surface area contributed by atoms with Gasteiger partial charge in [0.15, 0.2) is 0 Å². The molecular weight excluding hydrogens is 364 g/mol. The van der Waals surface area contributed by atoms with Crippen LogP contribution in [0.25, 0.3) is 0 Å². The monoisotopic (exact) mass is 392 g/mol. The maximum atomic E-state index is 12.4. The Balaban J connectivity index is 1.26. The molecule has 0 spiro atoms. The molecule has 148 valence electrons. The van der Waals surface area contributed by atoms with Crippen LogP contribution in [0, 0.1) is 0 Å². The molecule has 4 rings (SSSR count). The van der Waals surface area contributed by atoms with Gasteiger partial charge in [-0.1, -0.05) is 0 Å². The number of thiophene rings is 1. The van der Waals surface area contributed by atoms with Crippen molar-refractivity contribution in [2.24, 2.45) is 0 Å². The predicted molar refractivity (Wildman–Crippen MR) is 103 cm³/mol. The average molecular weight is 393 g/mol. The third-order valence-corrected chi connectivity index (χ3v) is 6.81. The molecule has 27 heavy (non-hydrogen) atoms. The van der Waals surface area contributed by atoms with Gasteiger partial charge < -0.3 is 19.3 Å². The molecule has 6 nitrogen and oxygen atoms in total. The van der Waals surface area contributed by atoms with E-state index in [1.807, 2.05) is 26.6 Å². The van der Waals surface area contributed by atoms with Gasteiger partial charge in [0.05, 0.1) is 17.8 Å². The molecule has 0 radical (unpaired) electrons. The summed E-state index contributed by atoms with van der Waals surface area (Å²) < 4.78 is 11.4. The molecule has 2 bridgehead atoms. The molecule has 7 heteroatoms. The molecule has 1 unspecified atom stereocenters. The van der Waals surface area contributed by atoms with Gasteiger partial charge in [-0.2, -0.15) is 11.3 Å². The van der Waals surface area contributed by atoms with Crippen molar-refractivity contribution in [1.82, 2.24) is 9.80 Å². The van der Waals surface area contributed by atoms with Gasteiger partial charge in [0.2, 0.25) is 5.91 Å². The van der Waals surface area contributed by atoms with Gasteiger partial charge in [-0.15, -0.1) is 0 Å². The number of carbonyl (C=O) groups is 2. The zero-order valence-corrected chi connectivity index (χ0v) is 16.7. The van der Waals surface area contributed by atoms with Crippen molar-refractivity contribution in [3.63, 3.8) is 0 Å². The minimum absolute atomic E-state index is 0.115. The zero-order valence-electron chi connectivity index (χ0n) is 15.8. The van der Waals surface area contributed by atoms with Crippen molar-refractivity contribution in [2.75, 3.05) is 26.8 Å². The quantitative estimate of drug-likeness (QED) is 0.773. The molecule has 2 amide bonds. The largest absolute Gasteiger partial charge is 0.375 e. The van der Waals surface area contributed by atoms with Crippen LogP contribution in [0.5, 0.6) is 0 Å². The van der Waals surface area contributed by atoms with Crippen molar-refractivity contribution < 1.29 is 19.1 Å². The van der Waals surface area contributed by atoms with Crippen molar-refractivity contribution in [1.29, 1.82) is 0 Å². The van der Waals surface area contributed by atoms with Crippen LogP contribution in [0.15, 0.2) is 16.8 Å². The van der Waals surface area contributed by atoms with Gasteiger partial charge in [-0.25, -0.2) is 0 Å². The lowest BCUT2D eigenvalue weighted by Gasteiger charge is -2.41. The Morgan fingerprint density at radius 2 is 1.81 bits per heavy atom. The maximum absolute atomic E-state index is 12.4. The summed E-state index contributed by atoms with van der Waals surface area (Å²) >= 11 is 1.56. The van der Waals surface area contributed by atoms with Crippen molar-refractivity contribution in [3.05, 3.63) is 22.4 Å². The normalized spacial score (nSPS) is 28.6. The molecule has 3 fully saturated rings. The number of amides is 2. The summed E-state index contributed by atoms with van der Waals surface area (Å²) in [4.78, 5) is 28.7. The SMILES string of the molecule is COCC(=O)N1[C@@H]2CC[C@H]1CC(OC1CCN(C(=O)c3ccsc3)CC1)C2. The van der Waals surface area contributed by atoms with Gasteiger partial charge >= 0.3 is 0 Å². The molecule has 1 aromatic rings. The highest BCUT2D eigenvalue weighted by Crippen LogP contribution is 2.38. The fourth-order valence-corrected chi connectivity index (χ4v) is 5.51. The first-order valence-electron chi connectivity index (χ1n) is 9.92. The number of nitrogens with zero attached hydrogens (tertiary/aromatic N) is 2. The fourth-order valence-electron chi connectivity index (χ4n) is 4.88. The Hall–Kier alpha value is -1.44. The number of piperidine rings is 2. The van der Waals surface area contributed by atoms with Gasteiger partial charge in [0.1, 0.15) is 6.61 Å². The summed E-state index contributed by atoms with van der Waals surface area (Å²) in [7, 11) is 1.57. The number of fused-ring (bicyclic) bond motifs is 2. The van der Waals surface area contributed by atoms with E-state index >= 15 is 0 Å². The molecular formula is C20H28N2O4S. The Bertz CT molecular complexity index is 643. The highest BCUT2D eigenvalue weighted by molar-refractivity contribution is 7.08. The average Bonchev–Trinajstić information content (AvgIpc) is 3.29. The molecule has 3 aliphatic rings. The second kappa shape index (κ2) is 8.29. The summed E-state index contributed by atoms with van der Waals surface area (Å²) in [5, 5.41) is 3.86. The molecule has 0 saturated carbocycles. The number of rotatable bonds is 5. The van der Waals surface area contributed by atoms with Crippen LogP contribution < -0.4 is 0 Å². The van der Waals surface area contributed by atoms with E-state index in [0.717, 1.165) is 57.2 Å². The van der Waals surface area contributed by atoms with E-state index in [0.29, 0.717) is 12.1 Å². The van der Waals surface area contributed by atoms with Crippen molar-refractivity contribution in [2.45, 2.75) is 62.8 Å². The standard InChI is InChI=1S/C20H28N2O4S/c1-25-12-19(23)22-15-2-3-16(22)11-18(10-15)26-17-4-7-21(8-5-17)20(24)14-6-9-27-13-14/h6,9,13,15-18H,2-5,7-8,10-12H2,1H3/t15-,16+,18?. The van der Waals surface area contributed by atoms with E-state index < -0.39 is 0 Å². The van der Waals surface area contributed by atoms with Crippen LogP contribution in [-0.4, -0.2) is 72.7 Å². The number of ether oxygens (including phenoxy) is 2. The maximum Gasteiger partial charge on any atom is 0.254 e. The lowest BCUT2D eigenvalue weighted by molar-refractivity contribution is -0.144. The highest BCUT2D eigenvalue weighted by Gasteiger charge is 2.44. The van der Waals surface area contributed by atoms with Gasteiger partial charge in [0, 0.05) is 37.7 Å². The van der Waals surface area contributed by atoms with Gasteiger partial charge in [-0.05, 0) is 50.0 Å². The Labute approximate surface area is 164 Å². The van der Waals surface area contributed by atoms with Crippen LogP contribution in [0.3, 0.4) is 0 Å². The number of carbonyl (C=O) groups excluding carboxylic acids is 2. The lowest BCUT2D eigenvalue weighted by atomic mass is 9.98. The number of methoxy groups -OCH3 is 1. The van der Waals surface area contributed by atoms with Gasteiger partial charge in [0.25, 0.3) is 5.91 Å². The van der Waals surface area contributed by atoms with Crippen LogP contribution in [-0.2, 0) is 14.3 Å². The van der Waals surface area contributed by atoms with E-state index in [9.17, 15) is 9.59 Å². The smallest absolute Gasteiger partial charge is 0.254 e. The molecule has 3 atom stereocenters. The van der Waals surface area contributed by atoms with E-state index in [-0.39, 0.29) is 30.6 Å². The first kappa shape index (κ1) is 18.9. The van der Waals surface area contributed by atoms with E-state index in [1.54, 1.807) is 18.4 Å².